The summed E-state index contributed by atoms with van der Waals surface area (Å²) in [6, 6.07) is 2.45. The van der Waals surface area contributed by atoms with E-state index in [0.717, 1.165) is 17.9 Å². The maximum absolute atomic E-state index is 14.0. The SMILES string of the molecule is CCC1SCCSC1C(N)Cc1c(F)ccc(Br)c1F. The number of hydrogen-bond donors (Lipinski definition) is 1. The van der Waals surface area contributed by atoms with Crippen molar-refractivity contribution in [2.75, 3.05) is 11.5 Å². The van der Waals surface area contributed by atoms with E-state index in [0.29, 0.717) is 9.72 Å². The van der Waals surface area contributed by atoms with Crippen LogP contribution in [0.25, 0.3) is 0 Å². The van der Waals surface area contributed by atoms with Crippen LogP contribution in [0.15, 0.2) is 16.6 Å². The molecule has 0 aromatic heterocycles. The molecule has 1 aromatic rings. The first-order chi connectivity index (χ1) is 9.54. The topological polar surface area (TPSA) is 26.0 Å². The van der Waals surface area contributed by atoms with Crippen molar-refractivity contribution in [2.24, 2.45) is 5.73 Å². The number of benzene rings is 1. The number of nitrogens with two attached hydrogens (primary N) is 1. The van der Waals surface area contributed by atoms with Crippen LogP contribution in [0.5, 0.6) is 0 Å². The first-order valence-electron chi connectivity index (χ1n) is 6.65. The Balaban J connectivity index is 2.15. The summed E-state index contributed by atoms with van der Waals surface area (Å²) in [6.45, 7) is 2.14. The Morgan fingerprint density at radius 2 is 2.05 bits per heavy atom. The van der Waals surface area contributed by atoms with E-state index in [-0.39, 0.29) is 23.3 Å². The Hall–Kier alpha value is 0.220. The van der Waals surface area contributed by atoms with E-state index in [1.807, 2.05) is 23.5 Å². The van der Waals surface area contributed by atoms with Gasteiger partial charge in [-0.15, -0.1) is 0 Å². The summed E-state index contributed by atoms with van der Waals surface area (Å²) >= 11 is 6.86. The third-order valence-corrected chi connectivity index (χ3v) is 7.54. The minimum absolute atomic E-state index is 0.0953. The second-order valence-corrected chi connectivity index (χ2v) is 8.33. The van der Waals surface area contributed by atoms with Gasteiger partial charge in [0.2, 0.25) is 0 Å². The van der Waals surface area contributed by atoms with Gasteiger partial charge in [0.1, 0.15) is 11.6 Å². The molecule has 1 saturated heterocycles. The molecule has 20 heavy (non-hydrogen) atoms. The van der Waals surface area contributed by atoms with Gasteiger partial charge in [-0.1, -0.05) is 6.92 Å². The zero-order valence-electron chi connectivity index (χ0n) is 11.2. The molecule has 0 saturated carbocycles. The molecule has 0 amide bonds. The molecular formula is C14H18BrF2NS2. The average molecular weight is 382 g/mol. The first-order valence-corrected chi connectivity index (χ1v) is 9.54. The zero-order chi connectivity index (χ0) is 14.7. The molecule has 2 rings (SSSR count). The number of rotatable bonds is 4. The normalized spacial score (nSPS) is 24.6. The molecule has 0 radical (unpaired) electrons. The minimum atomic E-state index is -0.526. The summed E-state index contributed by atoms with van der Waals surface area (Å²) in [7, 11) is 0. The van der Waals surface area contributed by atoms with Crippen molar-refractivity contribution in [1.29, 1.82) is 0 Å². The monoisotopic (exact) mass is 381 g/mol. The zero-order valence-corrected chi connectivity index (χ0v) is 14.5. The molecule has 0 bridgehead atoms. The van der Waals surface area contributed by atoms with Crippen molar-refractivity contribution in [3.05, 3.63) is 33.8 Å². The van der Waals surface area contributed by atoms with Crippen LogP contribution in [0.3, 0.4) is 0 Å². The van der Waals surface area contributed by atoms with E-state index in [2.05, 4.69) is 22.9 Å². The Bertz CT molecular complexity index is 473. The van der Waals surface area contributed by atoms with Gasteiger partial charge in [-0.25, -0.2) is 8.78 Å². The highest BCUT2D eigenvalue weighted by atomic mass is 79.9. The summed E-state index contributed by atoms with van der Waals surface area (Å²) in [5.41, 5.74) is 6.35. The van der Waals surface area contributed by atoms with Gasteiger partial charge in [-0.3, -0.25) is 0 Å². The van der Waals surface area contributed by atoms with Crippen molar-refractivity contribution >= 4 is 39.5 Å². The molecule has 1 aromatic carbocycles. The van der Waals surface area contributed by atoms with Gasteiger partial charge >= 0.3 is 0 Å². The van der Waals surface area contributed by atoms with Gasteiger partial charge in [-0.2, -0.15) is 23.5 Å². The van der Waals surface area contributed by atoms with Crippen molar-refractivity contribution in [3.63, 3.8) is 0 Å². The molecule has 1 aliphatic heterocycles. The fourth-order valence-corrected chi connectivity index (χ4v) is 6.01. The Kier molecular flexibility index (Phi) is 6.20. The molecule has 3 atom stereocenters. The van der Waals surface area contributed by atoms with E-state index in [9.17, 15) is 8.78 Å². The predicted molar refractivity (Wildman–Crippen MR) is 88.5 cm³/mol. The Labute approximate surface area is 135 Å². The fourth-order valence-electron chi connectivity index (χ4n) is 2.44. The lowest BCUT2D eigenvalue weighted by molar-refractivity contribution is 0.519. The highest BCUT2D eigenvalue weighted by molar-refractivity contribution is 9.10. The Morgan fingerprint density at radius 3 is 2.75 bits per heavy atom. The number of hydrogen-bond acceptors (Lipinski definition) is 3. The second kappa shape index (κ2) is 7.47. The van der Waals surface area contributed by atoms with E-state index >= 15 is 0 Å². The van der Waals surface area contributed by atoms with Crippen LogP contribution >= 0.6 is 39.5 Å². The van der Waals surface area contributed by atoms with Gasteiger partial charge in [0, 0.05) is 33.6 Å². The highest BCUT2D eigenvalue weighted by Gasteiger charge is 2.31. The third-order valence-electron chi connectivity index (χ3n) is 3.50. The van der Waals surface area contributed by atoms with Crippen LogP contribution in [-0.4, -0.2) is 28.0 Å². The lowest BCUT2D eigenvalue weighted by Crippen LogP contribution is -2.43. The van der Waals surface area contributed by atoms with Gasteiger partial charge in [-0.05, 0) is 40.9 Å². The molecule has 1 fully saturated rings. The van der Waals surface area contributed by atoms with Crippen LogP contribution in [0, 0.1) is 11.6 Å². The quantitative estimate of drug-likeness (QED) is 0.790. The third kappa shape index (κ3) is 3.70. The smallest absolute Gasteiger partial charge is 0.143 e. The standard InChI is InChI=1S/C14H18BrF2NS2/c1-2-12-14(20-6-5-19-12)11(18)7-8-10(16)4-3-9(15)13(8)17/h3-4,11-12,14H,2,5-7,18H2,1H3. The van der Waals surface area contributed by atoms with Crippen LogP contribution in [0.4, 0.5) is 8.78 Å². The largest absolute Gasteiger partial charge is 0.326 e. The van der Waals surface area contributed by atoms with E-state index < -0.39 is 11.6 Å². The molecule has 1 heterocycles. The van der Waals surface area contributed by atoms with Crippen LogP contribution in [-0.2, 0) is 6.42 Å². The van der Waals surface area contributed by atoms with E-state index in [4.69, 9.17) is 5.73 Å². The summed E-state index contributed by atoms with van der Waals surface area (Å²) in [5, 5.41) is 0.735. The predicted octanol–water partition coefficient (Wildman–Crippen LogP) is 4.22. The van der Waals surface area contributed by atoms with E-state index in [1.165, 1.54) is 12.1 Å². The lowest BCUT2D eigenvalue weighted by atomic mass is 10.00. The maximum atomic E-state index is 14.0. The van der Waals surface area contributed by atoms with Gasteiger partial charge in [0.25, 0.3) is 0 Å². The summed E-state index contributed by atoms with van der Waals surface area (Å²) in [6.07, 6.45) is 1.28. The highest BCUT2D eigenvalue weighted by Crippen LogP contribution is 2.36. The van der Waals surface area contributed by atoms with Crippen LogP contribution < -0.4 is 5.73 Å². The molecule has 2 N–H and O–H groups in total. The number of halogens is 3. The molecule has 0 aliphatic carbocycles. The molecule has 1 nitrogen and oxygen atoms in total. The summed E-state index contributed by atoms with van der Waals surface area (Å²) in [5.74, 6) is 1.15. The van der Waals surface area contributed by atoms with Crippen molar-refractivity contribution in [1.82, 2.24) is 0 Å². The van der Waals surface area contributed by atoms with Crippen molar-refractivity contribution in [3.8, 4) is 0 Å². The van der Waals surface area contributed by atoms with Crippen molar-refractivity contribution < 1.29 is 8.78 Å². The minimum Gasteiger partial charge on any atom is -0.326 e. The number of thioether (sulfide) groups is 2. The van der Waals surface area contributed by atoms with Gasteiger partial charge < -0.3 is 5.73 Å². The molecule has 112 valence electrons. The van der Waals surface area contributed by atoms with Crippen LogP contribution in [0.1, 0.15) is 18.9 Å². The second-order valence-electron chi connectivity index (χ2n) is 4.84. The summed E-state index contributed by atoms with van der Waals surface area (Å²) < 4.78 is 28.1. The molecule has 3 unspecified atom stereocenters. The van der Waals surface area contributed by atoms with Gasteiger partial charge in [0.05, 0.1) is 4.47 Å². The van der Waals surface area contributed by atoms with Gasteiger partial charge in [0.15, 0.2) is 0 Å². The fraction of sp³-hybridized carbons (Fsp3) is 0.571. The maximum Gasteiger partial charge on any atom is 0.143 e. The molecule has 1 aliphatic rings. The van der Waals surface area contributed by atoms with E-state index in [1.54, 1.807) is 0 Å². The average Bonchev–Trinajstić information content (AvgIpc) is 2.47. The van der Waals surface area contributed by atoms with Crippen molar-refractivity contribution in [2.45, 2.75) is 36.3 Å². The molecule has 6 heteroatoms. The lowest BCUT2D eigenvalue weighted by Gasteiger charge is -2.34. The molecule has 0 spiro atoms. The van der Waals surface area contributed by atoms with Crippen LogP contribution in [0.2, 0.25) is 0 Å². The Morgan fingerprint density at radius 1 is 1.35 bits per heavy atom. The molecular weight excluding hydrogens is 364 g/mol. The first kappa shape index (κ1) is 16.6. The summed E-state index contributed by atoms with van der Waals surface area (Å²) in [4.78, 5) is 0.